The Balaban J connectivity index is 1.33. The maximum atomic E-state index is 12.4. The molecule has 0 bridgehead atoms. The lowest BCUT2D eigenvalue weighted by Crippen LogP contribution is -2.25. The van der Waals surface area contributed by atoms with E-state index < -0.39 is 10.0 Å². The molecule has 1 aliphatic carbocycles. The molecule has 1 amide bonds. The maximum absolute atomic E-state index is 12.4. The lowest BCUT2D eigenvalue weighted by molar-refractivity contribution is -0.116. The smallest absolute Gasteiger partial charge is 0.240 e. The summed E-state index contributed by atoms with van der Waals surface area (Å²) in [7, 11) is -3.46. The van der Waals surface area contributed by atoms with Gasteiger partial charge in [-0.1, -0.05) is 18.2 Å². The van der Waals surface area contributed by atoms with Gasteiger partial charge in [-0.15, -0.1) is 0 Å². The Bertz CT molecular complexity index is 1180. The highest BCUT2D eigenvalue weighted by Gasteiger charge is 2.27. The molecule has 0 saturated heterocycles. The molecule has 2 N–H and O–H groups in total. The van der Waals surface area contributed by atoms with Crippen LogP contribution in [0, 0.1) is 13.8 Å². The number of oxazole rings is 1. The zero-order valence-electron chi connectivity index (χ0n) is 17.5. The summed E-state index contributed by atoms with van der Waals surface area (Å²) < 4.78 is 32.8. The Hall–Kier alpha value is -2.97. The van der Waals surface area contributed by atoms with Gasteiger partial charge in [0.15, 0.2) is 0 Å². The number of aromatic nitrogens is 1. The normalized spacial score (nSPS) is 13.9. The van der Waals surface area contributed by atoms with Gasteiger partial charge in [0, 0.05) is 23.7 Å². The average molecular weight is 440 g/mol. The molecule has 1 fully saturated rings. The van der Waals surface area contributed by atoms with Crippen LogP contribution in [0.15, 0.2) is 57.8 Å². The van der Waals surface area contributed by atoms with Gasteiger partial charge in [-0.25, -0.2) is 18.1 Å². The molecule has 0 spiro atoms. The van der Waals surface area contributed by atoms with Crippen LogP contribution >= 0.6 is 0 Å². The largest absolute Gasteiger partial charge is 0.441 e. The highest BCUT2D eigenvalue weighted by Crippen LogP contribution is 2.24. The lowest BCUT2D eigenvalue weighted by atomic mass is 10.1. The number of hydrogen-bond acceptors (Lipinski definition) is 5. The van der Waals surface area contributed by atoms with Gasteiger partial charge in [-0.05, 0) is 69.0 Å². The number of benzene rings is 2. The second kappa shape index (κ2) is 8.64. The van der Waals surface area contributed by atoms with Crippen LogP contribution in [-0.2, 0) is 21.2 Å². The van der Waals surface area contributed by atoms with E-state index in [1.807, 2.05) is 38.1 Å². The van der Waals surface area contributed by atoms with Crippen molar-refractivity contribution in [3.63, 3.8) is 0 Å². The monoisotopic (exact) mass is 439 g/mol. The average Bonchev–Trinajstić information content (AvgIpc) is 3.48. The van der Waals surface area contributed by atoms with Gasteiger partial charge in [0.1, 0.15) is 5.76 Å². The molecular weight excluding hydrogens is 414 g/mol. The third-order valence-electron chi connectivity index (χ3n) is 5.20. The van der Waals surface area contributed by atoms with Gasteiger partial charge in [-0.3, -0.25) is 4.79 Å². The minimum absolute atomic E-state index is 0.0727. The number of carbonyl (C=O) groups excluding carboxylic acids is 1. The Morgan fingerprint density at radius 2 is 1.87 bits per heavy atom. The third-order valence-corrected chi connectivity index (χ3v) is 6.73. The van der Waals surface area contributed by atoms with Gasteiger partial charge in [0.2, 0.25) is 21.8 Å². The van der Waals surface area contributed by atoms with E-state index in [0.29, 0.717) is 18.0 Å². The van der Waals surface area contributed by atoms with Crippen molar-refractivity contribution >= 4 is 21.6 Å². The summed E-state index contributed by atoms with van der Waals surface area (Å²) in [6.45, 7) is 3.75. The molecule has 1 heterocycles. The number of rotatable bonds is 8. The van der Waals surface area contributed by atoms with Crippen LogP contribution in [0.5, 0.6) is 0 Å². The first-order chi connectivity index (χ1) is 14.8. The molecule has 0 aliphatic heterocycles. The molecule has 1 aromatic heterocycles. The van der Waals surface area contributed by atoms with Crippen LogP contribution in [0.4, 0.5) is 5.69 Å². The summed E-state index contributed by atoms with van der Waals surface area (Å²) in [5.74, 6) is 1.17. The highest BCUT2D eigenvalue weighted by molar-refractivity contribution is 7.89. The minimum Gasteiger partial charge on any atom is -0.441 e. The van der Waals surface area contributed by atoms with Crippen LogP contribution in [0.2, 0.25) is 0 Å². The van der Waals surface area contributed by atoms with Crippen LogP contribution in [-0.4, -0.2) is 25.4 Å². The molecule has 0 radical (unpaired) electrons. The van der Waals surface area contributed by atoms with Crippen LogP contribution in [0.3, 0.4) is 0 Å². The van der Waals surface area contributed by atoms with Gasteiger partial charge >= 0.3 is 0 Å². The summed E-state index contributed by atoms with van der Waals surface area (Å²) in [5.41, 5.74) is 3.21. The van der Waals surface area contributed by atoms with Crippen molar-refractivity contribution in [3.05, 3.63) is 65.5 Å². The van der Waals surface area contributed by atoms with E-state index in [1.54, 1.807) is 24.3 Å². The van der Waals surface area contributed by atoms with Crippen molar-refractivity contribution in [1.82, 2.24) is 9.71 Å². The summed E-state index contributed by atoms with van der Waals surface area (Å²) in [6, 6.07) is 14.1. The zero-order chi connectivity index (χ0) is 22.0. The van der Waals surface area contributed by atoms with E-state index in [9.17, 15) is 13.2 Å². The topological polar surface area (TPSA) is 101 Å². The van der Waals surface area contributed by atoms with Gasteiger partial charge in [0.25, 0.3) is 0 Å². The highest BCUT2D eigenvalue weighted by atomic mass is 32.2. The number of carbonyl (C=O) groups is 1. The molecule has 0 unspecified atom stereocenters. The molecule has 1 saturated carbocycles. The van der Waals surface area contributed by atoms with E-state index in [1.165, 1.54) is 0 Å². The predicted molar refractivity (Wildman–Crippen MR) is 118 cm³/mol. The number of nitrogens with one attached hydrogen (secondary N) is 2. The number of sulfonamides is 1. The number of nitrogens with zero attached hydrogens (tertiary/aromatic N) is 1. The fraction of sp³-hybridized carbons (Fsp3) is 0.304. The minimum atomic E-state index is -3.46. The fourth-order valence-corrected chi connectivity index (χ4v) is 4.44. The van der Waals surface area contributed by atoms with Gasteiger partial charge in [0.05, 0.1) is 10.6 Å². The van der Waals surface area contributed by atoms with Crippen LogP contribution < -0.4 is 10.0 Å². The van der Waals surface area contributed by atoms with Gasteiger partial charge < -0.3 is 9.73 Å². The molecule has 8 heteroatoms. The first-order valence-electron chi connectivity index (χ1n) is 10.3. The fourth-order valence-electron chi connectivity index (χ4n) is 3.13. The number of anilines is 1. The molecule has 31 heavy (non-hydrogen) atoms. The summed E-state index contributed by atoms with van der Waals surface area (Å²) in [4.78, 5) is 17.0. The Morgan fingerprint density at radius 3 is 2.52 bits per heavy atom. The van der Waals surface area contributed by atoms with Crippen molar-refractivity contribution in [2.45, 2.75) is 50.5 Å². The lowest BCUT2D eigenvalue weighted by Gasteiger charge is -2.08. The summed E-state index contributed by atoms with van der Waals surface area (Å²) >= 11 is 0. The Labute approximate surface area is 181 Å². The van der Waals surface area contributed by atoms with Crippen molar-refractivity contribution in [2.75, 3.05) is 5.32 Å². The Morgan fingerprint density at radius 1 is 1.13 bits per heavy atom. The van der Waals surface area contributed by atoms with Gasteiger partial charge in [-0.2, -0.15) is 0 Å². The predicted octanol–water partition coefficient (Wildman–Crippen LogP) is 3.97. The van der Waals surface area contributed by atoms with Crippen LogP contribution in [0.1, 0.15) is 36.3 Å². The second-order valence-electron chi connectivity index (χ2n) is 7.83. The molecule has 7 nitrogen and oxygen atoms in total. The molecule has 162 valence electrons. The van der Waals surface area contributed by atoms with Crippen LogP contribution in [0.25, 0.3) is 11.5 Å². The molecule has 1 aliphatic rings. The van der Waals surface area contributed by atoms with Crippen molar-refractivity contribution in [2.24, 2.45) is 0 Å². The number of aryl methyl sites for hydroxylation is 3. The molecule has 0 atom stereocenters. The van der Waals surface area contributed by atoms with Crippen molar-refractivity contribution in [1.29, 1.82) is 0 Å². The number of hydrogen-bond donors (Lipinski definition) is 2. The van der Waals surface area contributed by atoms with E-state index in [-0.39, 0.29) is 23.3 Å². The zero-order valence-corrected chi connectivity index (χ0v) is 18.3. The molecule has 4 rings (SSSR count). The van der Waals surface area contributed by atoms with E-state index in [2.05, 4.69) is 15.0 Å². The van der Waals surface area contributed by atoms with E-state index in [0.717, 1.165) is 35.4 Å². The first-order valence-corrected chi connectivity index (χ1v) is 11.7. The number of amides is 1. The first kappa shape index (κ1) is 21.3. The third kappa shape index (κ3) is 5.39. The standard InChI is InChI=1S/C23H25N3O4S/c1-15-16(2)30-23(24-15)18-4-3-5-20(14-18)25-22(27)13-8-17-6-11-21(12-7-17)31(28,29)26-19-9-10-19/h3-7,11-12,14,19,26H,8-10,13H2,1-2H3,(H,25,27). The quantitative estimate of drug-likeness (QED) is 0.553. The summed E-state index contributed by atoms with van der Waals surface area (Å²) in [5, 5.41) is 2.89. The Kier molecular flexibility index (Phi) is 5.93. The molecule has 2 aromatic carbocycles. The SMILES string of the molecule is Cc1nc(-c2cccc(NC(=O)CCc3ccc(S(=O)(=O)NC4CC4)cc3)c2)oc1C. The molecular formula is C23H25N3O4S. The van der Waals surface area contributed by atoms with E-state index in [4.69, 9.17) is 4.42 Å². The second-order valence-corrected chi connectivity index (χ2v) is 9.54. The van der Waals surface area contributed by atoms with E-state index >= 15 is 0 Å². The molecule has 3 aromatic rings. The van der Waals surface area contributed by atoms with Crippen molar-refractivity contribution < 1.29 is 17.6 Å². The van der Waals surface area contributed by atoms with Crippen molar-refractivity contribution in [3.8, 4) is 11.5 Å². The summed E-state index contributed by atoms with van der Waals surface area (Å²) in [6.07, 6.45) is 2.59. The maximum Gasteiger partial charge on any atom is 0.240 e.